The summed E-state index contributed by atoms with van der Waals surface area (Å²) in [5.74, 6) is -0.810. The van der Waals surface area contributed by atoms with Crippen LogP contribution in [-0.4, -0.2) is 17.6 Å². The predicted molar refractivity (Wildman–Crippen MR) is 72.3 cm³/mol. The Labute approximate surface area is 119 Å². The first-order valence-corrected chi connectivity index (χ1v) is 6.91. The van der Waals surface area contributed by atoms with Crippen LogP contribution in [0, 0.1) is 5.82 Å². The fourth-order valence-corrected chi connectivity index (χ4v) is 2.54. The Morgan fingerprint density at radius 1 is 1.53 bits per heavy atom. The fourth-order valence-electron chi connectivity index (χ4n) is 1.52. The van der Waals surface area contributed by atoms with E-state index in [0.717, 1.165) is 10.6 Å². The minimum atomic E-state index is -0.435. The van der Waals surface area contributed by atoms with Gasteiger partial charge in [-0.15, -0.1) is 11.3 Å². The highest BCUT2D eigenvalue weighted by Gasteiger charge is 2.12. The second kappa shape index (κ2) is 6.12. The van der Waals surface area contributed by atoms with E-state index in [4.69, 9.17) is 16.3 Å². The molecular formula is C13H11ClFNO2S. The summed E-state index contributed by atoms with van der Waals surface area (Å²) in [6.45, 7) is 2.05. The number of aromatic nitrogens is 1. The number of hydrogen-bond donors (Lipinski definition) is 0. The van der Waals surface area contributed by atoms with E-state index in [0.29, 0.717) is 23.7 Å². The van der Waals surface area contributed by atoms with Gasteiger partial charge in [0.05, 0.1) is 11.6 Å². The summed E-state index contributed by atoms with van der Waals surface area (Å²) >= 11 is 7.29. The van der Waals surface area contributed by atoms with Crippen molar-refractivity contribution in [2.24, 2.45) is 0 Å². The highest BCUT2D eigenvalue weighted by molar-refractivity contribution is 7.09. The zero-order chi connectivity index (χ0) is 13.8. The molecule has 100 valence electrons. The molecule has 0 saturated heterocycles. The summed E-state index contributed by atoms with van der Waals surface area (Å²) in [5, 5.41) is 2.73. The van der Waals surface area contributed by atoms with Crippen molar-refractivity contribution in [3.05, 3.63) is 50.7 Å². The van der Waals surface area contributed by atoms with Crippen molar-refractivity contribution in [2.75, 3.05) is 6.61 Å². The Bertz CT molecular complexity index is 600. The monoisotopic (exact) mass is 299 g/mol. The van der Waals surface area contributed by atoms with E-state index < -0.39 is 5.97 Å². The van der Waals surface area contributed by atoms with Crippen molar-refractivity contribution < 1.29 is 13.9 Å². The molecule has 0 fully saturated rings. The molecule has 0 spiro atoms. The summed E-state index contributed by atoms with van der Waals surface area (Å²) in [5.41, 5.74) is 1.06. The molecule has 0 N–H and O–H groups in total. The van der Waals surface area contributed by atoms with Crippen molar-refractivity contribution in [1.82, 2.24) is 4.98 Å². The van der Waals surface area contributed by atoms with E-state index in [2.05, 4.69) is 4.98 Å². The highest BCUT2D eigenvalue weighted by atomic mass is 35.5. The van der Waals surface area contributed by atoms with Crippen LogP contribution in [0.25, 0.3) is 0 Å². The molecule has 0 aliphatic rings. The average Bonchev–Trinajstić information content (AvgIpc) is 2.82. The van der Waals surface area contributed by atoms with Crippen LogP contribution < -0.4 is 0 Å². The first-order chi connectivity index (χ1) is 9.10. The topological polar surface area (TPSA) is 39.2 Å². The van der Waals surface area contributed by atoms with Gasteiger partial charge in [0.1, 0.15) is 5.82 Å². The highest BCUT2D eigenvalue weighted by Crippen LogP contribution is 2.22. The van der Waals surface area contributed by atoms with Gasteiger partial charge in [0.2, 0.25) is 0 Å². The van der Waals surface area contributed by atoms with E-state index >= 15 is 0 Å². The third-order valence-electron chi connectivity index (χ3n) is 2.39. The van der Waals surface area contributed by atoms with Gasteiger partial charge < -0.3 is 4.74 Å². The SMILES string of the molecule is CCOC(=O)c1csc(Cc2ccc(F)cc2Cl)n1. The van der Waals surface area contributed by atoms with Crippen molar-refractivity contribution in [3.8, 4) is 0 Å². The lowest BCUT2D eigenvalue weighted by Crippen LogP contribution is -2.05. The zero-order valence-corrected chi connectivity index (χ0v) is 11.7. The van der Waals surface area contributed by atoms with Gasteiger partial charge in [-0.25, -0.2) is 14.2 Å². The van der Waals surface area contributed by atoms with Gasteiger partial charge in [-0.3, -0.25) is 0 Å². The lowest BCUT2D eigenvalue weighted by Gasteiger charge is -2.01. The summed E-state index contributed by atoms with van der Waals surface area (Å²) < 4.78 is 17.8. The summed E-state index contributed by atoms with van der Waals surface area (Å²) in [6.07, 6.45) is 0.461. The van der Waals surface area contributed by atoms with Gasteiger partial charge >= 0.3 is 5.97 Å². The molecule has 0 radical (unpaired) electrons. The predicted octanol–water partition coefficient (Wildman–Crippen LogP) is 3.70. The number of rotatable bonds is 4. The molecule has 0 atom stereocenters. The molecular weight excluding hydrogens is 289 g/mol. The number of carbonyl (C=O) groups excluding carboxylic acids is 1. The minimum Gasteiger partial charge on any atom is -0.461 e. The van der Waals surface area contributed by atoms with E-state index in [1.54, 1.807) is 18.4 Å². The van der Waals surface area contributed by atoms with E-state index in [1.165, 1.54) is 23.5 Å². The second-order valence-corrected chi connectivity index (χ2v) is 5.11. The zero-order valence-electron chi connectivity index (χ0n) is 10.2. The normalized spacial score (nSPS) is 10.5. The Balaban J connectivity index is 2.13. The van der Waals surface area contributed by atoms with E-state index in [1.807, 2.05) is 0 Å². The number of halogens is 2. The van der Waals surface area contributed by atoms with Gasteiger partial charge in [0, 0.05) is 16.8 Å². The van der Waals surface area contributed by atoms with Gasteiger partial charge in [-0.1, -0.05) is 17.7 Å². The maximum absolute atomic E-state index is 12.9. The van der Waals surface area contributed by atoms with Crippen molar-refractivity contribution in [2.45, 2.75) is 13.3 Å². The minimum absolute atomic E-state index is 0.292. The second-order valence-electron chi connectivity index (χ2n) is 3.76. The Kier molecular flexibility index (Phi) is 4.50. The molecule has 0 aliphatic heterocycles. The number of esters is 1. The first kappa shape index (κ1) is 14.0. The van der Waals surface area contributed by atoms with Gasteiger partial charge in [-0.2, -0.15) is 0 Å². The molecule has 2 aromatic rings. The Hall–Kier alpha value is -1.46. The number of ether oxygens (including phenoxy) is 1. The third kappa shape index (κ3) is 3.52. The molecule has 0 bridgehead atoms. The molecule has 0 saturated carbocycles. The lowest BCUT2D eigenvalue weighted by atomic mass is 10.1. The maximum atomic E-state index is 12.9. The first-order valence-electron chi connectivity index (χ1n) is 5.65. The quantitative estimate of drug-likeness (QED) is 0.808. The Morgan fingerprint density at radius 3 is 3.00 bits per heavy atom. The molecule has 2 rings (SSSR count). The van der Waals surface area contributed by atoms with E-state index in [-0.39, 0.29) is 5.82 Å². The summed E-state index contributed by atoms with van der Waals surface area (Å²) in [7, 11) is 0. The van der Waals surface area contributed by atoms with Crippen LogP contribution in [0.1, 0.15) is 28.0 Å². The van der Waals surface area contributed by atoms with Crippen LogP contribution >= 0.6 is 22.9 Å². The molecule has 0 aliphatic carbocycles. The van der Waals surface area contributed by atoms with Crippen LogP contribution in [0.4, 0.5) is 4.39 Å². The molecule has 1 heterocycles. The molecule has 0 amide bonds. The van der Waals surface area contributed by atoms with Crippen LogP contribution in [0.3, 0.4) is 0 Å². The fraction of sp³-hybridized carbons (Fsp3) is 0.231. The van der Waals surface area contributed by atoms with Crippen LogP contribution in [0.2, 0.25) is 5.02 Å². The molecule has 0 unspecified atom stereocenters. The maximum Gasteiger partial charge on any atom is 0.357 e. The smallest absolute Gasteiger partial charge is 0.357 e. The Morgan fingerprint density at radius 2 is 2.32 bits per heavy atom. The average molecular weight is 300 g/mol. The van der Waals surface area contributed by atoms with Gasteiger partial charge in [-0.05, 0) is 24.6 Å². The molecule has 19 heavy (non-hydrogen) atoms. The van der Waals surface area contributed by atoms with Crippen LogP contribution in [0.5, 0.6) is 0 Å². The van der Waals surface area contributed by atoms with Crippen molar-refractivity contribution in [1.29, 1.82) is 0 Å². The van der Waals surface area contributed by atoms with Crippen LogP contribution in [0.15, 0.2) is 23.6 Å². The number of hydrogen-bond acceptors (Lipinski definition) is 4. The van der Waals surface area contributed by atoms with Gasteiger partial charge in [0.25, 0.3) is 0 Å². The molecule has 1 aromatic carbocycles. The standard InChI is InChI=1S/C13H11ClFNO2S/c1-2-18-13(17)11-7-19-12(16-11)5-8-3-4-9(15)6-10(8)14/h3-4,6-7H,2,5H2,1H3. The van der Waals surface area contributed by atoms with Crippen molar-refractivity contribution >= 4 is 28.9 Å². The number of thiazole rings is 1. The molecule has 3 nitrogen and oxygen atoms in total. The van der Waals surface area contributed by atoms with E-state index in [9.17, 15) is 9.18 Å². The molecule has 6 heteroatoms. The largest absolute Gasteiger partial charge is 0.461 e. The third-order valence-corrected chi connectivity index (χ3v) is 3.59. The summed E-state index contributed by atoms with van der Waals surface area (Å²) in [4.78, 5) is 15.6. The van der Waals surface area contributed by atoms with Crippen molar-refractivity contribution in [3.63, 3.8) is 0 Å². The summed E-state index contributed by atoms with van der Waals surface area (Å²) in [6, 6.07) is 4.22. The van der Waals surface area contributed by atoms with Crippen LogP contribution in [-0.2, 0) is 11.2 Å². The lowest BCUT2D eigenvalue weighted by molar-refractivity contribution is 0.0520. The number of carbonyl (C=O) groups is 1. The number of benzene rings is 1. The number of nitrogens with zero attached hydrogens (tertiary/aromatic N) is 1. The van der Waals surface area contributed by atoms with Gasteiger partial charge in [0.15, 0.2) is 5.69 Å². The molecule has 1 aromatic heterocycles.